The number of aryl methyl sites for hydroxylation is 1. The number of sulfone groups is 1. The van der Waals surface area contributed by atoms with Gasteiger partial charge in [0.25, 0.3) is 0 Å². The fraction of sp³-hybridized carbons (Fsp3) is 0.656. The number of ketones is 1. The first-order valence-corrected chi connectivity index (χ1v) is 46.5. The number of thioether (sulfide) groups is 4. The average molecular weight is 1530 g/mol. The van der Waals surface area contributed by atoms with E-state index in [4.69, 9.17) is 0 Å². The number of aliphatic hydroxyl groups excluding tert-OH is 4. The van der Waals surface area contributed by atoms with Crippen LogP contribution < -0.4 is 0 Å². The van der Waals surface area contributed by atoms with Crippen molar-refractivity contribution < 1.29 is 43.9 Å². The molecule has 0 heterocycles. The third kappa shape index (κ3) is 40.5. The molecule has 9 nitrogen and oxygen atoms in total. The second-order valence-corrected chi connectivity index (χ2v) is 35.9. The summed E-state index contributed by atoms with van der Waals surface area (Å²) in [5, 5.41) is 61.7. The fourth-order valence-electron chi connectivity index (χ4n) is 13.7. The number of Topliss-reactive ketones (excluding diaryl/α,β-unsaturated/α-hetero) is 1. The Morgan fingerprint density at radius 2 is 0.731 bits per heavy atom. The van der Waals surface area contributed by atoms with Gasteiger partial charge in [0.1, 0.15) is 0 Å². The van der Waals surface area contributed by atoms with Gasteiger partial charge in [0.15, 0.2) is 15.6 Å². The second kappa shape index (κ2) is 57.0. The lowest BCUT2D eigenvalue weighted by Gasteiger charge is -2.27. The van der Waals surface area contributed by atoms with Crippen LogP contribution in [0.25, 0.3) is 0 Å². The minimum atomic E-state index is -3.31. The molecule has 6 rings (SSSR count). The highest BCUT2D eigenvalue weighted by Gasteiger charge is 2.28. The van der Waals surface area contributed by atoms with Crippen LogP contribution in [0.4, 0.5) is 0 Å². The first-order chi connectivity index (χ1) is 49.9. The van der Waals surface area contributed by atoms with Crippen LogP contribution in [-0.2, 0) is 9.84 Å². The van der Waals surface area contributed by atoms with Gasteiger partial charge in [0.05, 0.1) is 46.3 Å². The van der Waals surface area contributed by atoms with Crippen molar-refractivity contribution in [1.82, 2.24) is 0 Å². The van der Waals surface area contributed by atoms with Gasteiger partial charge in [-0.15, -0.1) is 47.0 Å². The van der Waals surface area contributed by atoms with Gasteiger partial charge in [-0.2, -0.15) is 0 Å². The first-order valence-electron chi connectivity index (χ1n) is 40.9. The standard InChI is InChI=1S/C18H26O3S.2C18H30O2S.2C18H30OS/c1-3-7-18(19)16-10-14(2)11-17(12-16)22(20,21)13-15-8-5-4-6-9-15;2*1-4-8-17(19)15-9-7-10-16(13-15)21-14-18(20,11-5-2)12-6-3;2*1-4-8-15(9-5-2)14-20-17-12-7-11-16(13-17)18(19)10-6-3/h10-12,15H,3-9,13H2,1-2H3;2*7,9-10,13,17,19-20H,4-6,8,11-12,14H2,1-3H3;2*7,11-13,15,18-19H,4-6,8-10,14H2,1-3H3. The Morgan fingerprint density at radius 3 is 1.03 bits per heavy atom. The van der Waals surface area contributed by atoms with E-state index in [1.54, 1.807) is 41.7 Å². The minimum absolute atomic E-state index is 0.0281. The molecule has 1 saturated carbocycles. The number of hydrogen-bond acceptors (Lipinski definition) is 13. The molecule has 5 aromatic rings. The van der Waals surface area contributed by atoms with E-state index in [1.165, 1.54) is 79.1 Å². The van der Waals surface area contributed by atoms with Crippen molar-refractivity contribution >= 4 is 62.7 Å². The monoisotopic (exact) mass is 1530 g/mol. The molecule has 4 unspecified atom stereocenters. The molecule has 0 aromatic heterocycles. The summed E-state index contributed by atoms with van der Waals surface area (Å²) in [6.45, 7) is 29.8. The molecule has 5 aromatic carbocycles. The first kappa shape index (κ1) is 97.0. The van der Waals surface area contributed by atoms with Gasteiger partial charge < -0.3 is 30.6 Å². The summed E-state index contributed by atoms with van der Waals surface area (Å²) in [5.74, 6) is 6.04. The van der Waals surface area contributed by atoms with Crippen molar-refractivity contribution in [2.75, 3.05) is 28.8 Å². The molecule has 0 aliphatic heterocycles. The Balaban J connectivity index is 0.000000442. The van der Waals surface area contributed by atoms with Crippen molar-refractivity contribution in [2.24, 2.45) is 17.8 Å². The van der Waals surface area contributed by atoms with Gasteiger partial charge in [-0.05, 0) is 216 Å². The van der Waals surface area contributed by atoms with Crippen molar-refractivity contribution in [3.63, 3.8) is 0 Å². The molecule has 0 amide bonds. The maximum absolute atomic E-state index is 12.7. The van der Waals surface area contributed by atoms with Crippen LogP contribution in [-0.4, -0.2) is 84.8 Å². The third-order valence-electron chi connectivity index (χ3n) is 19.2. The van der Waals surface area contributed by atoms with Crippen LogP contribution in [0.15, 0.2) is 140 Å². The zero-order valence-corrected chi connectivity index (χ0v) is 71.5. The van der Waals surface area contributed by atoms with Gasteiger partial charge in [0, 0.05) is 54.6 Å². The molecule has 590 valence electrons. The van der Waals surface area contributed by atoms with Crippen LogP contribution in [0.5, 0.6) is 0 Å². The Hall–Kier alpha value is -3.12. The summed E-state index contributed by atoms with van der Waals surface area (Å²) in [7, 11) is -3.31. The van der Waals surface area contributed by atoms with E-state index in [9.17, 15) is 43.9 Å². The zero-order chi connectivity index (χ0) is 77.2. The normalized spacial score (nSPS) is 13.9. The van der Waals surface area contributed by atoms with E-state index < -0.39 is 21.0 Å². The van der Waals surface area contributed by atoms with Crippen molar-refractivity contribution in [3.8, 4) is 0 Å². The van der Waals surface area contributed by atoms with Gasteiger partial charge in [-0.1, -0.05) is 235 Å². The summed E-state index contributed by atoms with van der Waals surface area (Å²) >= 11 is 7.29. The second-order valence-electron chi connectivity index (χ2n) is 29.5. The van der Waals surface area contributed by atoms with E-state index in [-0.39, 0.29) is 41.9 Å². The number of rotatable bonds is 46. The molecule has 0 radical (unpaired) electrons. The predicted molar refractivity (Wildman–Crippen MR) is 453 cm³/mol. The molecule has 1 fully saturated rings. The molecule has 0 spiro atoms. The average Bonchev–Trinajstić information content (AvgIpc) is 0.810. The molecule has 14 heteroatoms. The molecule has 6 N–H and O–H groups in total. The Kier molecular flexibility index (Phi) is 53.1. The SMILES string of the molecule is CCCC(=O)c1cc(C)cc(S(=O)(=O)CC2CCCCC2)c1.CCCC(CCC)CSc1cccc(C(O)CCC)c1.CCCC(CCC)CSc1cccc(C(O)CCC)c1.CCCC(O)c1cccc(SCC(O)(CCC)CCC)c1.CCCC(O)c1cccc(SCC(O)(CCC)CCC)c1. The van der Waals surface area contributed by atoms with Crippen molar-refractivity contribution in [1.29, 1.82) is 0 Å². The number of carbonyl (C=O) groups is 1. The number of hydrogen-bond donors (Lipinski definition) is 6. The highest BCUT2D eigenvalue weighted by atomic mass is 32.2. The maximum atomic E-state index is 12.7. The van der Waals surface area contributed by atoms with Gasteiger partial charge in [-0.3, -0.25) is 4.79 Å². The summed E-state index contributed by atoms with van der Waals surface area (Å²) in [6, 6.07) is 38.2. The molecule has 1 aliphatic rings. The highest BCUT2D eigenvalue weighted by molar-refractivity contribution is 8.00. The number of carbonyl (C=O) groups excluding carboxylic acids is 1. The topological polar surface area (TPSA) is 173 Å². The maximum Gasteiger partial charge on any atom is 0.178 e. The highest BCUT2D eigenvalue weighted by Crippen LogP contribution is 2.36. The zero-order valence-electron chi connectivity index (χ0n) is 67.4. The fourth-order valence-corrected chi connectivity index (χ4v) is 20.1. The summed E-state index contributed by atoms with van der Waals surface area (Å²) in [5.41, 5.74) is 4.35. The van der Waals surface area contributed by atoms with E-state index in [0.29, 0.717) is 16.9 Å². The Morgan fingerprint density at radius 1 is 0.413 bits per heavy atom. The van der Waals surface area contributed by atoms with Crippen LogP contribution in [0.1, 0.15) is 352 Å². The molecule has 1 aliphatic carbocycles. The van der Waals surface area contributed by atoms with Gasteiger partial charge in [-0.25, -0.2) is 8.42 Å². The van der Waals surface area contributed by atoms with Crippen LogP contribution in [0.3, 0.4) is 0 Å². The lowest BCUT2D eigenvalue weighted by Crippen LogP contribution is -2.31. The summed E-state index contributed by atoms with van der Waals surface area (Å²) in [6.07, 6.45) is 30.6. The Labute approximate surface area is 653 Å². The lowest BCUT2D eigenvalue weighted by atomic mass is 9.91. The van der Waals surface area contributed by atoms with Crippen LogP contribution >= 0.6 is 47.0 Å². The van der Waals surface area contributed by atoms with Crippen molar-refractivity contribution in [3.05, 3.63) is 149 Å². The summed E-state index contributed by atoms with van der Waals surface area (Å²) < 4.78 is 25.3. The summed E-state index contributed by atoms with van der Waals surface area (Å²) in [4.78, 5) is 17.3. The number of aliphatic hydroxyl groups is 6. The molecule has 0 saturated heterocycles. The van der Waals surface area contributed by atoms with E-state index in [1.807, 2.05) is 73.8 Å². The minimum Gasteiger partial charge on any atom is -0.389 e. The smallest absolute Gasteiger partial charge is 0.178 e. The van der Waals surface area contributed by atoms with Crippen LogP contribution in [0, 0.1) is 24.7 Å². The van der Waals surface area contributed by atoms with Gasteiger partial charge in [0.2, 0.25) is 0 Å². The van der Waals surface area contributed by atoms with E-state index in [0.717, 1.165) is 196 Å². The Bertz CT molecular complexity index is 2940. The van der Waals surface area contributed by atoms with E-state index in [2.05, 4.69) is 144 Å². The van der Waals surface area contributed by atoms with Gasteiger partial charge >= 0.3 is 0 Å². The van der Waals surface area contributed by atoms with Crippen LogP contribution in [0.2, 0.25) is 0 Å². The van der Waals surface area contributed by atoms with Crippen molar-refractivity contribution in [2.45, 2.75) is 356 Å². The molecule has 104 heavy (non-hydrogen) atoms. The number of benzene rings is 5. The predicted octanol–water partition coefficient (Wildman–Crippen LogP) is 25.9. The molecular weight excluding hydrogens is 1390 g/mol. The quantitative estimate of drug-likeness (QED) is 0.0161. The van der Waals surface area contributed by atoms with E-state index >= 15 is 0 Å². The largest absolute Gasteiger partial charge is 0.389 e. The molecule has 4 atom stereocenters. The molecule has 0 bridgehead atoms. The lowest BCUT2D eigenvalue weighted by molar-refractivity contribution is 0.0450. The molecular formula is C90H146O9S5. The third-order valence-corrected chi connectivity index (χ3v) is 26.1.